The van der Waals surface area contributed by atoms with Crippen molar-refractivity contribution in [2.75, 3.05) is 0 Å². The van der Waals surface area contributed by atoms with Crippen molar-refractivity contribution in [2.45, 2.75) is 70.8 Å². The van der Waals surface area contributed by atoms with Crippen LogP contribution in [0.5, 0.6) is 0 Å². The SMILES string of the molecule is CC/C=C\C/C=C\C/C=C\C/C=C\C=C\C(O)CCCCCC(=O)[O-]. The Morgan fingerprint density at radius 2 is 1.48 bits per heavy atom. The Morgan fingerprint density at radius 3 is 2.08 bits per heavy atom. The van der Waals surface area contributed by atoms with Gasteiger partial charge in [-0.25, -0.2) is 0 Å². The van der Waals surface area contributed by atoms with Crippen LogP contribution in [0.4, 0.5) is 0 Å². The molecule has 0 aromatic rings. The average molecular weight is 346 g/mol. The van der Waals surface area contributed by atoms with Crippen LogP contribution >= 0.6 is 0 Å². The fraction of sp³-hybridized carbons (Fsp3) is 0.500. The van der Waals surface area contributed by atoms with Crippen molar-refractivity contribution in [3.05, 3.63) is 60.8 Å². The molecule has 140 valence electrons. The van der Waals surface area contributed by atoms with E-state index >= 15 is 0 Å². The lowest BCUT2D eigenvalue weighted by molar-refractivity contribution is -0.305. The van der Waals surface area contributed by atoms with Crippen LogP contribution in [0, 0.1) is 0 Å². The molecule has 0 aliphatic rings. The normalized spacial score (nSPS) is 14.0. The molecule has 0 saturated heterocycles. The highest BCUT2D eigenvalue weighted by molar-refractivity contribution is 5.64. The molecule has 0 aromatic heterocycles. The van der Waals surface area contributed by atoms with Crippen molar-refractivity contribution in [2.24, 2.45) is 0 Å². The van der Waals surface area contributed by atoms with Crippen LogP contribution in [-0.2, 0) is 4.79 Å². The summed E-state index contributed by atoms with van der Waals surface area (Å²) < 4.78 is 0. The van der Waals surface area contributed by atoms with Gasteiger partial charge >= 0.3 is 0 Å². The number of unbranched alkanes of at least 4 members (excludes halogenated alkanes) is 2. The van der Waals surface area contributed by atoms with Crippen LogP contribution in [0.3, 0.4) is 0 Å². The Morgan fingerprint density at radius 1 is 0.880 bits per heavy atom. The maximum absolute atomic E-state index is 10.3. The summed E-state index contributed by atoms with van der Waals surface area (Å²) in [6.07, 6.45) is 27.1. The van der Waals surface area contributed by atoms with E-state index in [1.807, 2.05) is 18.2 Å². The van der Waals surface area contributed by atoms with E-state index in [4.69, 9.17) is 0 Å². The van der Waals surface area contributed by atoms with Crippen LogP contribution in [0.1, 0.15) is 64.7 Å². The average Bonchev–Trinajstić information content (AvgIpc) is 2.58. The minimum absolute atomic E-state index is 0.105. The van der Waals surface area contributed by atoms with Crippen LogP contribution < -0.4 is 5.11 Å². The van der Waals surface area contributed by atoms with E-state index in [9.17, 15) is 15.0 Å². The molecule has 0 bridgehead atoms. The highest BCUT2D eigenvalue weighted by Gasteiger charge is 1.98. The lowest BCUT2D eigenvalue weighted by Crippen LogP contribution is -2.21. The summed E-state index contributed by atoms with van der Waals surface area (Å²) in [5.41, 5.74) is 0. The number of aliphatic hydroxyl groups is 1. The Balaban J connectivity index is 3.61. The summed E-state index contributed by atoms with van der Waals surface area (Å²) in [5.74, 6) is -1.00. The number of carbonyl (C=O) groups excluding carboxylic acids is 1. The molecule has 3 heteroatoms. The predicted molar refractivity (Wildman–Crippen MR) is 104 cm³/mol. The standard InChI is InChI=1S/C22H34O3/c1-2-3-4-5-6-7-8-9-10-11-12-13-15-18-21(23)19-16-14-17-20-22(24)25/h3-4,6-7,9-10,12-13,15,18,21,23H,2,5,8,11,14,16-17,19-20H2,1H3,(H,24,25)/p-1/b4-3-,7-6-,10-9-,13-12-,18-15+. The number of carboxylic acids is 1. The van der Waals surface area contributed by atoms with Crippen LogP contribution in [0.15, 0.2) is 60.8 Å². The smallest absolute Gasteiger partial charge is 0.0723 e. The first-order valence-electron chi connectivity index (χ1n) is 9.33. The molecule has 0 amide bonds. The minimum Gasteiger partial charge on any atom is -0.550 e. The number of hydrogen-bond donors (Lipinski definition) is 1. The maximum atomic E-state index is 10.3. The molecule has 1 N–H and O–H groups in total. The summed E-state index contributed by atoms with van der Waals surface area (Å²) >= 11 is 0. The second-order valence-electron chi connectivity index (χ2n) is 5.88. The van der Waals surface area contributed by atoms with Crippen LogP contribution in [0.25, 0.3) is 0 Å². The second-order valence-corrected chi connectivity index (χ2v) is 5.88. The molecule has 0 saturated carbocycles. The summed E-state index contributed by atoms with van der Waals surface area (Å²) in [4.78, 5) is 10.3. The van der Waals surface area contributed by atoms with Gasteiger partial charge in [-0.2, -0.15) is 0 Å². The minimum atomic E-state index is -1.00. The van der Waals surface area contributed by atoms with Crippen molar-refractivity contribution in [3.8, 4) is 0 Å². The summed E-state index contributed by atoms with van der Waals surface area (Å²) in [5, 5.41) is 20.0. The number of carboxylic acid groups (broad SMARTS) is 1. The van der Waals surface area contributed by atoms with Crippen molar-refractivity contribution in [1.82, 2.24) is 0 Å². The predicted octanol–water partition coefficient (Wildman–Crippen LogP) is 4.41. The number of hydrogen-bond acceptors (Lipinski definition) is 3. The van der Waals surface area contributed by atoms with Crippen LogP contribution in [0.2, 0.25) is 0 Å². The monoisotopic (exact) mass is 345 g/mol. The molecule has 0 aliphatic heterocycles. The molecule has 0 heterocycles. The lowest BCUT2D eigenvalue weighted by atomic mass is 10.1. The number of carbonyl (C=O) groups is 1. The number of allylic oxidation sites excluding steroid dienone is 9. The van der Waals surface area contributed by atoms with Gasteiger partial charge in [-0.1, -0.05) is 80.5 Å². The zero-order valence-corrected chi connectivity index (χ0v) is 15.5. The maximum Gasteiger partial charge on any atom is 0.0723 e. The fourth-order valence-electron chi connectivity index (χ4n) is 2.13. The molecule has 1 atom stereocenters. The molecule has 0 radical (unpaired) electrons. The van der Waals surface area contributed by atoms with E-state index < -0.39 is 12.1 Å². The van der Waals surface area contributed by atoms with Gasteiger partial charge in [0.25, 0.3) is 0 Å². The Hall–Kier alpha value is -1.87. The molecule has 0 fully saturated rings. The molecule has 0 aliphatic carbocycles. The molecular formula is C22H33O3-. The third-order valence-corrected chi connectivity index (χ3v) is 3.51. The van der Waals surface area contributed by atoms with Gasteiger partial charge in [-0.05, 0) is 44.9 Å². The van der Waals surface area contributed by atoms with Gasteiger partial charge < -0.3 is 15.0 Å². The van der Waals surface area contributed by atoms with E-state index in [1.165, 1.54) is 0 Å². The van der Waals surface area contributed by atoms with Gasteiger partial charge in [0.2, 0.25) is 0 Å². The Labute approximate surface area is 153 Å². The van der Waals surface area contributed by atoms with Gasteiger partial charge in [0.1, 0.15) is 0 Å². The van der Waals surface area contributed by atoms with Crippen molar-refractivity contribution in [3.63, 3.8) is 0 Å². The van der Waals surface area contributed by atoms with E-state index in [0.29, 0.717) is 12.8 Å². The van der Waals surface area contributed by atoms with Gasteiger partial charge in [0, 0.05) is 5.97 Å². The van der Waals surface area contributed by atoms with Crippen LogP contribution in [-0.4, -0.2) is 17.2 Å². The summed E-state index contributed by atoms with van der Waals surface area (Å²) in [7, 11) is 0. The first-order valence-corrected chi connectivity index (χ1v) is 9.33. The molecule has 0 rings (SSSR count). The largest absolute Gasteiger partial charge is 0.550 e. The first-order chi connectivity index (χ1) is 12.2. The van der Waals surface area contributed by atoms with E-state index in [2.05, 4.69) is 43.4 Å². The van der Waals surface area contributed by atoms with Crippen molar-refractivity contribution >= 4 is 5.97 Å². The fourth-order valence-corrected chi connectivity index (χ4v) is 2.13. The zero-order valence-electron chi connectivity index (χ0n) is 15.5. The number of rotatable bonds is 15. The molecule has 0 aromatic carbocycles. The van der Waals surface area contributed by atoms with Gasteiger partial charge in [-0.3, -0.25) is 0 Å². The van der Waals surface area contributed by atoms with E-state index in [1.54, 1.807) is 6.08 Å². The third kappa shape index (κ3) is 20.1. The van der Waals surface area contributed by atoms with Gasteiger partial charge in [0.05, 0.1) is 6.10 Å². The van der Waals surface area contributed by atoms with Gasteiger partial charge in [0.15, 0.2) is 0 Å². The van der Waals surface area contributed by atoms with E-state index in [0.717, 1.165) is 38.5 Å². The highest BCUT2D eigenvalue weighted by Crippen LogP contribution is 2.06. The third-order valence-electron chi connectivity index (χ3n) is 3.51. The number of aliphatic carboxylic acids is 1. The molecule has 1 unspecified atom stereocenters. The summed E-state index contributed by atoms with van der Waals surface area (Å²) in [6.45, 7) is 2.13. The topological polar surface area (TPSA) is 60.4 Å². The molecular weight excluding hydrogens is 312 g/mol. The van der Waals surface area contributed by atoms with E-state index in [-0.39, 0.29) is 6.42 Å². The lowest BCUT2D eigenvalue weighted by Gasteiger charge is -2.05. The number of aliphatic hydroxyl groups excluding tert-OH is 1. The van der Waals surface area contributed by atoms with Crippen molar-refractivity contribution in [1.29, 1.82) is 0 Å². The molecule has 25 heavy (non-hydrogen) atoms. The van der Waals surface area contributed by atoms with Crippen molar-refractivity contribution < 1.29 is 15.0 Å². The Kier molecular flexibility index (Phi) is 17.1. The quantitative estimate of drug-likeness (QED) is 0.272. The second kappa shape index (κ2) is 18.5. The summed E-state index contributed by atoms with van der Waals surface area (Å²) in [6, 6.07) is 0. The molecule has 3 nitrogen and oxygen atoms in total. The first kappa shape index (κ1) is 23.1. The highest BCUT2D eigenvalue weighted by atomic mass is 16.4. The van der Waals surface area contributed by atoms with Gasteiger partial charge in [-0.15, -0.1) is 0 Å². The molecule has 0 spiro atoms. The zero-order chi connectivity index (χ0) is 18.6. The Bertz CT molecular complexity index is 456.